The number of rotatable bonds is 6. The summed E-state index contributed by atoms with van der Waals surface area (Å²) in [5.74, 6) is 0.226. The molecule has 1 aliphatic rings. The van der Waals surface area contributed by atoms with Crippen LogP contribution in [0.25, 0.3) is 5.69 Å². The van der Waals surface area contributed by atoms with Gasteiger partial charge in [-0.2, -0.15) is 0 Å². The molecule has 0 unspecified atom stereocenters. The Morgan fingerprint density at radius 3 is 2.66 bits per heavy atom. The zero-order valence-corrected chi connectivity index (χ0v) is 17.6. The van der Waals surface area contributed by atoms with E-state index in [-0.39, 0.29) is 11.7 Å². The number of hydrogen-bond acceptors (Lipinski definition) is 5. The molecule has 4 rings (SSSR count). The number of hydrogen-bond donors (Lipinski definition) is 1. The molecule has 0 spiro atoms. The number of nitrogens with zero attached hydrogens (tertiary/aromatic N) is 4. The minimum atomic E-state index is -0.0497. The van der Waals surface area contributed by atoms with Crippen LogP contribution in [0.2, 0.25) is 0 Å². The minimum absolute atomic E-state index is 0.0497. The Morgan fingerprint density at radius 1 is 1.10 bits per heavy atom. The fraction of sp³-hybridized carbons (Fsp3) is 0.318. The Bertz CT molecular complexity index is 1010. The van der Waals surface area contributed by atoms with Gasteiger partial charge in [-0.1, -0.05) is 30.0 Å². The lowest BCUT2D eigenvalue weighted by Gasteiger charge is -2.19. The third kappa shape index (κ3) is 4.45. The maximum absolute atomic E-state index is 12.5. The van der Waals surface area contributed by atoms with Crippen LogP contribution in [-0.2, 0) is 4.79 Å². The Hall–Kier alpha value is -2.80. The van der Waals surface area contributed by atoms with E-state index in [2.05, 4.69) is 32.5 Å². The smallest absolute Gasteiger partial charge is 0.234 e. The fourth-order valence-corrected chi connectivity index (χ4v) is 4.32. The highest BCUT2D eigenvalue weighted by molar-refractivity contribution is 7.99. The Labute approximate surface area is 175 Å². The van der Waals surface area contributed by atoms with E-state index in [9.17, 15) is 4.79 Å². The molecule has 1 fully saturated rings. The van der Waals surface area contributed by atoms with E-state index < -0.39 is 0 Å². The van der Waals surface area contributed by atoms with Gasteiger partial charge in [-0.15, -0.1) is 10.2 Å². The molecule has 1 amide bonds. The molecule has 0 radical (unpaired) electrons. The predicted molar refractivity (Wildman–Crippen MR) is 118 cm³/mol. The number of nitrogens with one attached hydrogen (secondary N) is 1. The van der Waals surface area contributed by atoms with Gasteiger partial charge in [-0.25, -0.2) is 0 Å². The SMILES string of the molecule is Cc1cc(N2CCCC2)ccc1NC(=O)CSc1nncn1-c1ccccc1C. The Kier molecular flexibility index (Phi) is 5.85. The first-order valence-electron chi connectivity index (χ1n) is 9.86. The quantitative estimate of drug-likeness (QED) is 0.620. The van der Waals surface area contributed by atoms with Crippen LogP contribution in [0.15, 0.2) is 53.9 Å². The first-order valence-corrected chi connectivity index (χ1v) is 10.8. The highest BCUT2D eigenvalue weighted by atomic mass is 32.2. The normalized spacial score (nSPS) is 13.7. The van der Waals surface area contributed by atoms with Crippen molar-refractivity contribution in [3.05, 3.63) is 59.9 Å². The Balaban J connectivity index is 1.39. The molecule has 1 aromatic heterocycles. The molecule has 1 aliphatic heterocycles. The molecule has 6 nitrogen and oxygen atoms in total. The largest absolute Gasteiger partial charge is 0.372 e. The zero-order valence-electron chi connectivity index (χ0n) is 16.8. The van der Waals surface area contributed by atoms with E-state index in [0.29, 0.717) is 5.16 Å². The lowest BCUT2D eigenvalue weighted by molar-refractivity contribution is -0.113. The molecule has 1 N–H and O–H groups in total. The molecule has 3 aromatic rings. The predicted octanol–water partition coefficient (Wildman–Crippen LogP) is 4.22. The van der Waals surface area contributed by atoms with E-state index in [1.165, 1.54) is 30.3 Å². The van der Waals surface area contributed by atoms with Gasteiger partial charge in [-0.05, 0) is 62.1 Å². The number of amides is 1. The Morgan fingerprint density at radius 2 is 1.90 bits per heavy atom. The number of thioether (sulfide) groups is 1. The van der Waals surface area contributed by atoms with Gasteiger partial charge in [0.25, 0.3) is 0 Å². The van der Waals surface area contributed by atoms with Gasteiger partial charge in [0.1, 0.15) is 6.33 Å². The van der Waals surface area contributed by atoms with Gasteiger partial charge in [0.05, 0.1) is 11.4 Å². The zero-order chi connectivity index (χ0) is 20.2. The van der Waals surface area contributed by atoms with Crippen molar-refractivity contribution < 1.29 is 4.79 Å². The summed E-state index contributed by atoms with van der Waals surface area (Å²) in [5, 5.41) is 11.9. The number of benzene rings is 2. The first kappa shape index (κ1) is 19.5. The second-order valence-corrected chi connectivity index (χ2v) is 8.24. The van der Waals surface area contributed by atoms with E-state index in [4.69, 9.17) is 0 Å². The average Bonchev–Trinajstić information content (AvgIpc) is 3.40. The topological polar surface area (TPSA) is 63.1 Å². The third-order valence-electron chi connectivity index (χ3n) is 5.18. The second kappa shape index (κ2) is 8.69. The summed E-state index contributed by atoms with van der Waals surface area (Å²) in [5.41, 5.74) is 5.33. The summed E-state index contributed by atoms with van der Waals surface area (Å²) in [6, 6.07) is 14.3. The molecule has 150 valence electrons. The standard InChI is InChI=1S/C22H25N5OS/c1-16-7-3-4-8-20(16)27-15-23-25-22(27)29-14-21(28)24-19-10-9-18(13-17(19)2)26-11-5-6-12-26/h3-4,7-10,13,15H,5-6,11-12,14H2,1-2H3,(H,24,28). The monoisotopic (exact) mass is 407 g/mol. The number of carbonyl (C=O) groups is 1. The van der Waals surface area contributed by atoms with Crippen molar-refractivity contribution in [3.63, 3.8) is 0 Å². The summed E-state index contributed by atoms with van der Waals surface area (Å²) < 4.78 is 1.92. The number of aryl methyl sites for hydroxylation is 2. The average molecular weight is 408 g/mol. The fourth-order valence-electron chi connectivity index (χ4n) is 3.60. The maximum atomic E-state index is 12.5. The van der Waals surface area contributed by atoms with Crippen molar-refractivity contribution in [1.29, 1.82) is 0 Å². The van der Waals surface area contributed by atoms with Crippen LogP contribution in [0, 0.1) is 13.8 Å². The summed E-state index contributed by atoms with van der Waals surface area (Å²) in [7, 11) is 0. The van der Waals surface area contributed by atoms with E-state index >= 15 is 0 Å². The van der Waals surface area contributed by atoms with Crippen molar-refractivity contribution in [2.45, 2.75) is 31.8 Å². The number of para-hydroxylation sites is 1. The molecule has 2 heterocycles. The van der Waals surface area contributed by atoms with Crippen molar-refractivity contribution in [1.82, 2.24) is 14.8 Å². The van der Waals surface area contributed by atoms with Gasteiger partial charge in [0.15, 0.2) is 5.16 Å². The van der Waals surface area contributed by atoms with E-state index in [1.807, 2.05) is 48.7 Å². The molecule has 7 heteroatoms. The van der Waals surface area contributed by atoms with Crippen molar-refractivity contribution in [2.75, 3.05) is 29.1 Å². The van der Waals surface area contributed by atoms with Gasteiger partial charge in [-0.3, -0.25) is 9.36 Å². The van der Waals surface area contributed by atoms with Crippen LogP contribution in [0.5, 0.6) is 0 Å². The van der Waals surface area contributed by atoms with Crippen LogP contribution in [-0.4, -0.2) is 39.5 Å². The lowest BCUT2D eigenvalue weighted by Crippen LogP contribution is -2.18. The van der Waals surface area contributed by atoms with Gasteiger partial charge in [0, 0.05) is 24.5 Å². The molecular weight excluding hydrogens is 382 g/mol. The summed E-state index contributed by atoms with van der Waals surface area (Å²) in [6.07, 6.45) is 4.19. The van der Waals surface area contributed by atoms with Crippen molar-refractivity contribution in [2.24, 2.45) is 0 Å². The summed E-state index contributed by atoms with van der Waals surface area (Å²) in [4.78, 5) is 14.9. The molecule has 0 bridgehead atoms. The van der Waals surface area contributed by atoms with Crippen LogP contribution in [0.1, 0.15) is 24.0 Å². The first-order chi connectivity index (χ1) is 14.1. The van der Waals surface area contributed by atoms with Crippen molar-refractivity contribution in [3.8, 4) is 5.69 Å². The maximum Gasteiger partial charge on any atom is 0.234 e. The lowest BCUT2D eigenvalue weighted by atomic mass is 10.1. The minimum Gasteiger partial charge on any atom is -0.372 e. The molecular formula is C22H25N5OS. The van der Waals surface area contributed by atoms with Gasteiger partial charge in [0.2, 0.25) is 5.91 Å². The van der Waals surface area contributed by atoms with Crippen LogP contribution >= 0.6 is 11.8 Å². The molecule has 2 aromatic carbocycles. The third-order valence-corrected chi connectivity index (χ3v) is 6.12. The molecule has 0 atom stereocenters. The summed E-state index contributed by atoms with van der Waals surface area (Å²) in [6.45, 7) is 6.31. The van der Waals surface area contributed by atoms with Crippen LogP contribution in [0.4, 0.5) is 11.4 Å². The second-order valence-electron chi connectivity index (χ2n) is 7.30. The van der Waals surface area contributed by atoms with Crippen LogP contribution in [0.3, 0.4) is 0 Å². The summed E-state index contributed by atoms with van der Waals surface area (Å²) >= 11 is 1.38. The highest BCUT2D eigenvalue weighted by Crippen LogP contribution is 2.26. The van der Waals surface area contributed by atoms with Crippen LogP contribution < -0.4 is 10.2 Å². The number of carbonyl (C=O) groups excluding carboxylic acids is 1. The van der Waals surface area contributed by atoms with E-state index in [1.54, 1.807) is 6.33 Å². The molecule has 0 aliphatic carbocycles. The molecule has 29 heavy (non-hydrogen) atoms. The number of aromatic nitrogens is 3. The van der Waals surface area contributed by atoms with Gasteiger partial charge < -0.3 is 10.2 Å². The molecule has 0 saturated carbocycles. The van der Waals surface area contributed by atoms with E-state index in [0.717, 1.165) is 35.6 Å². The molecule has 1 saturated heterocycles. The highest BCUT2D eigenvalue weighted by Gasteiger charge is 2.15. The van der Waals surface area contributed by atoms with Gasteiger partial charge >= 0.3 is 0 Å². The van der Waals surface area contributed by atoms with Crippen molar-refractivity contribution >= 4 is 29.0 Å². The number of anilines is 2.